The minimum atomic E-state index is -0.878. The predicted octanol–water partition coefficient (Wildman–Crippen LogP) is 6.26. The van der Waals surface area contributed by atoms with E-state index in [1.165, 1.54) is 0 Å². The normalized spacial score (nSPS) is 12.2. The maximum Gasteiger partial charge on any atom is 0.303 e. The number of fused-ring (bicyclic) bond motifs is 1. The first kappa shape index (κ1) is 24.0. The second-order valence-corrected chi connectivity index (χ2v) is 9.04. The Bertz CT molecular complexity index is 1080. The van der Waals surface area contributed by atoms with Crippen LogP contribution in [0.5, 0.6) is 0 Å². The van der Waals surface area contributed by atoms with Crippen LogP contribution in [0.25, 0.3) is 10.9 Å². The fraction of sp³-hybridized carbons (Fsp3) is 0.423. The first-order valence-corrected chi connectivity index (χ1v) is 11.7. The standard InChI is InChI=1S/C26H31ClN2O3/c1-18(16-25(31)32)15-24(30)26-21-17-19(27)12-13-22(21)29(2)23(26)11-6-4-3-5-9-20-10-7-8-14-28-20/h7-8,10,12-14,17-18H,3-6,9,11,15-16H2,1-2H3,(H,31,32)/t18-/m0/s1. The molecule has 1 aromatic carbocycles. The molecule has 2 aromatic heterocycles. The number of aromatic nitrogens is 2. The van der Waals surface area contributed by atoms with E-state index in [-0.39, 0.29) is 24.5 Å². The number of carboxylic acids is 1. The topological polar surface area (TPSA) is 72.2 Å². The van der Waals surface area contributed by atoms with E-state index in [2.05, 4.69) is 15.6 Å². The Kier molecular flexibility index (Phi) is 8.46. The van der Waals surface area contributed by atoms with Crippen molar-refractivity contribution in [2.75, 3.05) is 0 Å². The van der Waals surface area contributed by atoms with Crippen molar-refractivity contribution in [3.05, 3.63) is 64.6 Å². The van der Waals surface area contributed by atoms with E-state index >= 15 is 0 Å². The van der Waals surface area contributed by atoms with Gasteiger partial charge in [0.2, 0.25) is 0 Å². The summed E-state index contributed by atoms with van der Waals surface area (Å²) in [6.07, 6.45) is 8.11. The molecule has 170 valence electrons. The molecule has 0 radical (unpaired) electrons. The van der Waals surface area contributed by atoms with Gasteiger partial charge in [0.25, 0.3) is 0 Å². The van der Waals surface area contributed by atoms with Crippen molar-refractivity contribution in [1.29, 1.82) is 0 Å². The van der Waals surface area contributed by atoms with E-state index in [9.17, 15) is 9.59 Å². The fourth-order valence-electron chi connectivity index (χ4n) is 4.36. The quantitative estimate of drug-likeness (QED) is 0.259. The van der Waals surface area contributed by atoms with Gasteiger partial charge in [-0.05, 0) is 61.9 Å². The molecular weight excluding hydrogens is 424 g/mol. The molecule has 1 N–H and O–H groups in total. The van der Waals surface area contributed by atoms with Gasteiger partial charge in [0.15, 0.2) is 5.78 Å². The number of Topliss-reactive ketones (excluding diaryl/α,β-unsaturated/α-hetero) is 1. The van der Waals surface area contributed by atoms with Crippen LogP contribution >= 0.6 is 11.6 Å². The lowest BCUT2D eigenvalue weighted by molar-refractivity contribution is -0.137. The van der Waals surface area contributed by atoms with E-state index in [0.717, 1.165) is 60.8 Å². The molecule has 3 rings (SSSR count). The summed E-state index contributed by atoms with van der Waals surface area (Å²) in [6.45, 7) is 1.81. The lowest BCUT2D eigenvalue weighted by atomic mass is 9.94. The zero-order valence-electron chi connectivity index (χ0n) is 18.8. The molecule has 0 aliphatic rings. The number of rotatable bonds is 12. The summed E-state index contributed by atoms with van der Waals surface area (Å²) in [5, 5.41) is 10.5. The molecule has 0 aliphatic heterocycles. The van der Waals surface area contributed by atoms with E-state index in [4.69, 9.17) is 16.7 Å². The Balaban J connectivity index is 1.69. The van der Waals surface area contributed by atoms with Gasteiger partial charge in [-0.2, -0.15) is 0 Å². The summed E-state index contributed by atoms with van der Waals surface area (Å²) in [5.74, 6) is -1.09. The number of ketones is 1. The number of carbonyl (C=O) groups excluding carboxylic acids is 1. The van der Waals surface area contributed by atoms with Gasteiger partial charge >= 0.3 is 5.97 Å². The molecule has 0 unspecified atom stereocenters. The number of carboxylic acid groups (broad SMARTS) is 1. The van der Waals surface area contributed by atoms with E-state index in [1.54, 1.807) is 0 Å². The Morgan fingerprint density at radius 3 is 2.50 bits per heavy atom. The molecule has 0 spiro atoms. The SMILES string of the molecule is C[C@H](CC(=O)O)CC(=O)c1c(CCCCCCc2ccccn2)n(C)c2ccc(Cl)cc12. The molecular formula is C26H31ClN2O3. The number of unbranched alkanes of at least 4 members (excludes halogenated alkanes) is 3. The number of hydrogen-bond donors (Lipinski definition) is 1. The minimum Gasteiger partial charge on any atom is -0.481 e. The van der Waals surface area contributed by atoms with Crippen LogP contribution in [-0.4, -0.2) is 26.4 Å². The van der Waals surface area contributed by atoms with Gasteiger partial charge < -0.3 is 9.67 Å². The van der Waals surface area contributed by atoms with Crippen LogP contribution in [0.2, 0.25) is 5.02 Å². The van der Waals surface area contributed by atoms with Crippen LogP contribution in [0.4, 0.5) is 0 Å². The van der Waals surface area contributed by atoms with Crippen molar-refractivity contribution >= 4 is 34.3 Å². The first-order chi connectivity index (χ1) is 15.4. The largest absolute Gasteiger partial charge is 0.481 e. The number of carbonyl (C=O) groups is 2. The Morgan fingerprint density at radius 2 is 1.81 bits per heavy atom. The zero-order chi connectivity index (χ0) is 23.1. The molecule has 5 nitrogen and oxygen atoms in total. The number of pyridine rings is 1. The molecule has 1 atom stereocenters. The van der Waals surface area contributed by atoms with Crippen molar-refractivity contribution in [2.45, 2.75) is 58.3 Å². The second kappa shape index (κ2) is 11.3. The monoisotopic (exact) mass is 454 g/mol. The summed E-state index contributed by atoms with van der Waals surface area (Å²) >= 11 is 6.24. The van der Waals surface area contributed by atoms with Crippen molar-refractivity contribution in [3.63, 3.8) is 0 Å². The Labute approximate surface area is 194 Å². The molecule has 2 heterocycles. The van der Waals surface area contributed by atoms with Crippen molar-refractivity contribution in [1.82, 2.24) is 9.55 Å². The van der Waals surface area contributed by atoms with Gasteiger partial charge in [0.1, 0.15) is 0 Å². The highest BCUT2D eigenvalue weighted by molar-refractivity contribution is 6.31. The third kappa shape index (κ3) is 6.19. The summed E-state index contributed by atoms with van der Waals surface area (Å²) in [5.41, 5.74) is 3.82. The third-order valence-electron chi connectivity index (χ3n) is 5.94. The maximum atomic E-state index is 13.2. The second-order valence-electron chi connectivity index (χ2n) is 8.61. The molecule has 0 fully saturated rings. The molecule has 0 bridgehead atoms. The van der Waals surface area contributed by atoms with Gasteiger partial charge in [-0.3, -0.25) is 14.6 Å². The molecule has 32 heavy (non-hydrogen) atoms. The van der Waals surface area contributed by atoms with Crippen LogP contribution in [0.3, 0.4) is 0 Å². The highest BCUT2D eigenvalue weighted by Gasteiger charge is 2.23. The van der Waals surface area contributed by atoms with E-state index in [0.29, 0.717) is 10.6 Å². The predicted molar refractivity (Wildman–Crippen MR) is 128 cm³/mol. The average molecular weight is 455 g/mol. The van der Waals surface area contributed by atoms with Gasteiger partial charge in [-0.1, -0.05) is 37.4 Å². The van der Waals surface area contributed by atoms with Gasteiger partial charge in [-0.15, -0.1) is 0 Å². The molecule has 6 heteroatoms. The maximum absolute atomic E-state index is 13.2. The van der Waals surface area contributed by atoms with Crippen LogP contribution in [0.15, 0.2) is 42.6 Å². The van der Waals surface area contributed by atoms with E-state index in [1.807, 2.05) is 50.5 Å². The lowest BCUT2D eigenvalue weighted by Gasteiger charge is -2.11. The van der Waals surface area contributed by atoms with Crippen molar-refractivity contribution in [2.24, 2.45) is 13.0 Å². The average Bonchev–Trinajstić information content (AvgIpc) is 3.01. The molecule has 0 amide bonds. The van der Waals surface area contributed by atoms with E-state index < -0.39 is 5.97 Å². The minimum absolute atomic E-state index is 0.00299. The smallest absolute Gasteiger partial charge is 0.303 e. The van der Waals surface area contributed by atoms with Crippen LogP contribution in [0.1, 0.15) is 67.2 Å². The summed E-state index contributed by atoms with van der Waals surface area (Å²) in [7, 11) is 1.99. The Morgan fingerprint density at radius 1 is 1.06 bits per heavy atom. The number of aryl methyl sites for hydroxylation is 2. The van der Waals surface area contributed by atoms with Gasteiger partial charge in [-0.25, -0.2) is 0 Å². The molecule has 0 saturated heterocycles. The zero-order valence-corrected chi connectivity index (χ0v) is 19.6. The van der Waals surface area contributed by atoms with Gasteiger partial charge in [0, 0.05) is 59.0 Å². The number of nitrogens with zero attached hydrogens (tertiary/aromatic N) is 2. The van der Waals surface area contributed by atoms with Crippen LogP contribution in [-0.2, 0) is 24.7 Å². The third-order valence-corrected chi connectivity index (χ3v) is 6.18. The first-order valence-electron chi connectivity index (χ1n) is 11.3. The van der Waals surface area contributed by atoms with Crippen LogP contribution < -0.4 is 0 Å². The van der Waals surface area contributed by atoms with Crippen molar-refractivity contribution in [3.8, 4) is 0 Å². The fourth-order valence-corrected chi connectivity index (χ4v) is 4.53. The number of aliphatic carboxylic acids is 1. The summed E-state index contributed by atoms with van der Waals surface area (Å²) in [4.78, 5) is 28.6. The highest BCUT2D eigenvalue weighted by Crippen LogP contribution is 2.31. The van der Waals surface area contributed by atoms with Gasteiger partial charge in [0.05, 0.1) is 0 Å². The van der Waals surface area contributed by atoms with Crippen molar-refractivity contribution < 1.29 is 14.7 Å². The summed E-state index contributed by atoms with van der Waals surface area (Å²) < 4.78 is 2.09. The number of hydrogen-bond acceptors (Lipinski definition) is 3. The number of halogens is 1. The summed E-state index contributed by atoms with van der Waals surface area (Å²) in [6, 6.07) is 11.6. The molecule has 0 aliphatic carbocycles. The molecule has 0 saturated carbocycles. The Hall–Kier alpha value is -2.66. The van der Waals surface area contributed by atoms with Crippen LogP contribution in [0, 0.1) is 5.92 Å². The lowest BCUT2D eigenvalue weighted by Crippen LogP contribution is -2.12. The number of benzene rings is 1. The molecule has 3 aromatic rings. The highest BCUT2D eigenvalue weighted by atomic mass is 35.5.